The van der Waals surface area contributed by atoms with Gasteiger partial charge in [0.2, 0.25) is 5.82 Å². The van der Waals surface area contributed by atoms with Gasteiger partial charge in [0.05, 0.1) is 0 Å². The standard InChI is InChI=1S/C17H16FN5O/c1-22(2)17(24)15(12-6-4-3-5-7-12)23-20-16(19-21-23)13-8-10-14(18)11-9-13/h3-11,15H,1-2H3/t15-/m1/s1. The van der Waals surface area contributed by atoms with Crippen molar-refractivity contribution in [2.75, 3.05) is 14.1 Å². The summed E-state index contributed by atoms with van der Waals surface area (Å²) < 4.78 is 13.0. The molecule has 0 aliphatic heterocycles. The van der Waals surface area contributed by atoms with Gasteiger partial charge in [-0.3, -0.25) is 4.79 Å². The average molecular weight is 325 g/mol. The molecule has 0 spiro atoms. The van der Waals surface area contributed by atoms with Crippen molar-refractivity contribution in [1.29, 1.82) is 0 Å². The third-order valence-electron chi connectivity index (χ3n) is 3.55. The lowest BCUT2D eigenvalue weighted by molar-refractivity contribution is -0.131. The number of rotatable bonds is 4. The minimum absolute atomic E-state index is 0.163. The van der Waals surface area contributed by atoms with Crippen LogP contribution in [0.3, 0.4) is 0 Å². The van der Waals surface area contributed by atoms with Gasteiger partial charge in [0.1, 0.15) is 5.82 Å². The number of aromatic nitrogens is 4. The van der Waals surface area contributed by atoms with E-state index < -0.39 is 6.04 Å². The molecule has 0 aliphatic carbocycles. The highest BCUT2D eigenvalue weighted by atomic mass is 19.1. The van der Waals surface area contributed by atoms with Crippen molar-refractivity contribution in [2.45, 2.75) is 6.04 Å². The molecule has 0 bridgehead atoms. The summed E-state index contributed by atoms with van der Waals surface area (Å²) in [6.45, 7) is 0. The third kappa shape index (κ3) is 3.15. The van der Waals surface area contributed by atoms with Gasteiger partial charge in [-0.15, -0.1) is 15.0 Å². The van der Waals surface area contributed by atoms with Crippen molar-refractivity contribution in [3.8, 4) is 11.4 Å². The molecule has 0 radical (unpaired) electrons. The van der Waals surface area contributed by atoms with E-state index in [1.807, 2.05) is 30.3 Å². The minimum atomic E-state index is -0.706. The van der Waals surface area contributed by atoms with E-state index in [1.165, 1.54) is 21.8 Å². The van der Waals surface area contributed by atoms with Gasteiger partial charge in [-0.2, -0.15) is 0 Å². The Balaban J connectivity index is 2.00. The molecule has 6 nitrogen and oxygen atoms in total. The van der Waals surface area contributed by atoms with Crippen molar-refractivity contribution in [3.63, 3.8) is 0 Å². The Bertz CT molecular complexity index is 830. The Labute approximate surface area is 138 Å². The molecule has 0 saturated heterocycles. The molecule has 1 atom stereocenters. The minimum Gasteiger partial charge on any atom is -0.347 e. The number of carbonyl (C=O) groups is 1. The van der Waals surface area contributed by atoms with E-state index in [4.69, 9.17) is 0 Å². The summed E-state index contributed by atoms with van der Waals surface area (Å²) >= 11 is 0. The maximum Gasteiger partial charge on any atom is 0.253 e. The molecule has 0 saturated carbocycles. The molecule has 122 valence electrons. The molecule has 1 heterocycles. The predicted octanol–water partition coefficient (Wildman–Crippen LogP) is 2.16. The Morgan fingerprint density at radius 1 is 1.08 bits per heavy atom. The summed E-state index contributed by atoms with van der Waals surface area (Å²) in [6.07, 6.45) is 0. The molecule has 1 amide bonds. The quantitative estimate of drug-likeness (QED) is 0.737. The fourth-order valence-corrected chi connectivity index (χ4v) is 2.30. The Morgan fingerprint density at radius 2 is 1.75 bits per heavy atom. The molecular weight excluding hydrogens is 309 g/mol. The first-order valence-corrected chi connectivity index (χ1v) is 7.38. The van der Waals surface area contributed by atoms with Gasteiger partial charge in [0.15, 0.2) is 6.04 Å². The molecule has 7 heteroatoms. The number of hydrogen-bond donors (Lipinski definition) is 0. The topological polar surface area (TPSA) is 63.9 Å². The SMILES string of the molecule is CN(C)C(=O)[C@@H](c1ccccc1)n1nnc(-c2ccc(F)cc2)n1. The fourth-order valence-electron chi connectivity index (χ4n) is 2.30. The van der Waals surface area contributed by atoms with E-state index in [1.54, 1.807) is 26.2 Å². The van der Waals surface area contributed by atoms with Crippen LogP contribution >= 0.6 is 0 Å². The summed E-state index contributed by atoms with van der Waals surface area (Å²) in [4.78, 5) is 15.4. The normalized spacial score (nSPS) is 12.0. The molecule has 1 aromatic heterocycles. The van der Waals surface area contributed by atoms with Gasteiger partial charge in [0.25, 0.3) is 5.91 Å². The molecule has 0 unspecified atom stereocenters. The monoisotopic (exact) mass is 325 g/mol. The van der Waals surface area contributed by atoms with Gasteiger partial charge in [-0.1, -0.05) is 30.3 Å². The Morgan fingerprint density at radius 3 is 2.38 bits per heavy atom. The molecule has 0 fully saturated rings. The second-order valence-electron chi connectivity index (χ2n) is 5.49. The number of amides is 1. The second kappa shape index (κ2) is 6.57. The zero-order valence-corrected chi connectivity index (χ0v) is 13.3. The molecule has 2 aromatic carbocycles. The smallest absolute Gasteiger partial charge is 0.253 e. The third-order valence-corrected chi connectivity index (χ3v) is 3.55. The first-order chi connectivity index (χ1) is 11.6. The fraction of sp³-hybridized carbons (Fsp3) is 0.176. The summed E-state index contributed by atoms with van der Waals surface area (Å²) in [6, 6.07) is 14.4. The average Bonchev–Trinajstić information content (AvgIpc) is 3.06. The highest BCUT2D eigenvalue weighted by Crippen LogP contribution is 2.20. The predicted molar refractivity (Wildman–Crippen MR) is 86.5 cm³/mol. The number of nitrogens with zero attached hydrogens (tertiary/aromatic N) is 5. The number of halogens is 1. The molecule has 0 N–H and O–H groups in total. The van der Waals surface area contributed by atoms with Crippen LogP contribution in [0.15, 0.2) is 54.6 Å². The van der Waals surface area contributed by atoms with E-state index in [2.05, 4.69) is 15.4 Å². The summed E-state index contributed by atoms with van der Waals surface area (Å²) in [7, 11) is 3.35. The maximum atomic E-state index is 13.0. The molecule has 3 rings (SSSR count). The van der Waals surface area contributed by atoms with Crippen molar-refractivity contribution >= 4 is 5.91 Å². The second-order valence-corrected chi connectivity index (χ2v) is 5.49. The Hall–Kier alpha value is -3.09. The van der Waals surface area contributed by atoms with Gasteiger partial charge in [-0.25, -0.2) is 4.39 Å². The van der Waals surface area contributed by atoms with E-state index >= 15 is 0 Å². The lowest BCUT2D eigenvalue weighted by atomic mass is 10.1. The van der Waals surface area contributed by atoms with Gasteiger partial charge >= 0.3 is 0 Å². The van der Waals surface area contributed by atoms with Gasteiger partial charge in [-0.05, 0) is 35.0 Å². The number of benzene rings is 2. The zero-order valence-electron chi connectivity index (χ0n) is 13.3. The maximum absolute atomic E-state index is 13.0. The van der Waals surface area contributed by atoms with E-state index in [-0.39, 0.29) is 11.7 Å². The number of hydrogen-bond acceptors (Lipinski definition) is 4. The first-order valence-electron chi connectivity index (χ1n) is 7.38. The van der Waals surface area contributed by atoms with Crippen LogP contribution in [0.5, 0.6) is 0 Å². The summed E-state index contributed by atoms with van der Waals surface area (Å²) in [5, 5.41) is 12.3. The number of carbonyl (C=O) groups excluding carboxylic acids is 1. The summed E-state index contributed by atoms with van der Waals surface area (Å²) in [5.74, 6) is -0.164. The molecule has 24 heavy (non-hydrogen) atoms. The van der Waals surface area contributed by atoms with E-state index in [9.17, 15) is 9.18 Å². The lowest BCUT2D eigenvalue weighted by Crippen LogP contribution is -2.33. The van der Waals surface area contributed by atoms with Crippen LogP contribution in [0, 0.1) is 5.82 Å². The molecular formula is C17H16FN5O. The highest BCUT2D eigenvalue weighted by molar-refractivity contribution is 5.83. The highest BCUT2D eigenvalue weighted by Gasteiger charge is 2.27. The van der Waals surface area contributed by atoms with Crippen LogP contribution in [0.25, 0.3) is 11.4 Å². The van der Waals surface area contributed by atoms with Crippen LogP contribution in [0.1, 0.15) is 11.6 Å². The lowest BCUT2D eigenvalue weighted by Gasteiger charge is -2.19. The Kier molecular flexibility index (Phi) is 4.33. The number of likely N-dealkylation sites (N-methyl/N-ethyl adjacent to an activating group) is 1. The zero-order chi connectivity index (χ0) is 17.1. The first kappa shape index (κ1) is 15.8. The molecule has 3 aromatic rings. The van der Waals surface area contributed by atoms with Crippen LogP contribution in [0.4, 0.5) is 4.39 Å². The van der Waals surface area contributed by atoms with Crippen LogP contribution in [-0.4, -0.2) is 45.1 Å². The van der Waals surface area contributed by atoms with Crippen LogP contribution < -0.4 is 0 Å². The number of tetrazole rings is 1. The largest absolute Gasteiger partial charge is 0.347 e. The van der Waals surface area contributed by atoms with Gasteiger partial charge in [0, 0.05) is 19.7 Å². The molecule has 0 aliphatic rings. The van der Waals surface area contributed by atoms with Gasteiger partial charge < -0.3 is 4.90 Å². The van der Waals surface area contributed by atoms with Crippen LogP contribution in [0.2, 0.25) is 0 Å². The van der Waals surface area contributed by atoms with Crippen molar-refractivity contribution < 1.29 is 9.18 Å². The van der Waals surface area contributed by atoms with E-state index in [0.29, 0.717) is 11.4 Å². The van der Waals surface area contributed by atoms with Crippen molar-refractivity contribution in [3.05, 3.63) is 66.0 Å². The summed E-state index contributed by atoms with van der Waals surface area (Å²) in [5.41, 5.74) is 1.39. The van der Waals surface area contributed by atoms with Crippen LogP contribution in [-0.2, 0) is 4.79 Å². The van der Waals surface area contributed by atoms with Crippen molar-refractivity contribution in [1.82, 2.24) is 25.1 Å². The van der Waals surface area contributed by atoms with Crippen molar-refractivity contribution in [2.24, 2.45) is 0 Å². The van der Waals surface area contributed by atoms with E-state index in [0.717, 1.165) is 5.56 Å².